The minimum atomic E-state index is -0.956. The maximum absolute atomic E-state index is 12.4. The first-order valence-electron chi connectivity index (χ1n) is 6.05. The predicted molar refractivity (Wildman–Crippen MR) is 69.1 cm³/mol. The largest absolute Gasteiger partial charge is 0.330 e. The number of carbonyl (C=O) groups excluding carboxylic acids is 3. The van der Waals surface area contributed by atoms with Crippen molar-refractivity contribution in [1.29, 1.82) is 0 Å². The number of nitrogens with zero attached hydrogens (tertiary/aromatic N) is 1. The molecule has 0 bridgehead atoms. The average Bonchev–Trinajstić information content (AvgIpc) is 2.22. The van der Waals surface area contributed by atoms with Gasteiger partial charge in [-0.1, -0.05) is 6.42 Å². The Balaban J connectivity index is 2.22. The van der Waals surface area contributed by atoms with Gasteiger partial charge in [-0.05, 0) is 32.9 Å². The van der Waals surface area contributed by atoms with E-state index in [9.17, 15) is 14.4 Å². The number of carbonyl (C=O) groups is 3. The van der Waals surface area contributed by atoms with E-state index < -0.39 is 17.4 Å². The molecule has 18 heavy (non-hydrogen) atoms. The number of rotatable bonds is 3. The van der Waals surface area contributed by atoms with Crippen molar-refractivity contribution in [1.82, 2.24) is 10.2 Å². The molecule has 1 aliphatic carbocycles. The second-order valence-electron chi connectivity index (χ2n) is 5.55. The molecule has 5 nitrogen and oxygen atoms in total. The summed E-state index contributed by atoms with van der Waals surface area (Å²) >= 11 is 1.59. The lowest BCUT2D eigenvalue weighted by Gasteiger charge is -2.45. The summed E-state index contributed by atoms with van der Waals surface area (Å²) < 4.78 is -0.210. The third-order valence-corrected chi connectivity index (χ3v) is 5.09. The Morgan fingerprint density at radius 1 is 1.33 bits per heavy atom. The fraction of sp³-hybridized carbons (Fsp3) is 0.750. The molecule has 1 aliphatic heterocycles. The molecule has 1 saturated carbocycles. The van der Waals surface area contributed by atoms with Crippen LogP contribution in [0.1, 0.15) is 33.1 Å². The van der Waals surface area contributed by atoms with E-state index in [1.54, 1.807) is 11.8 Å². The SMILES string of the molecule is CSC(C)(C)CN1C(=O)NC(=O)C2(CCC2)C1=O. The number of thioether (sulfide) groups is 1. The molecule has 2 fully saturated rings. The highest BCUT2D eigenvalue weighted by Crippen LogP contribution is 2.44. The fourth-order valence-electron chi connectivity index (χ4n) is 2.29. The zero-order valence-corrected chi connectivity index (χ0v) is 11.7. The summed E-state index contributed by atoms with van der Waals surface area (Å²) in [6, 6.07) is -0.579. The van der Waals surface area contributed by atoms with Gasteiger partial charge in [-0.3, -0.25) is 19.8 Å². The number of hydrogen-bond acceptors (Lipinski definition) is 4. The van der Waals surface area contributed by atoms with Gasteiger partial charge in [0, 0.05) is 11.3 Å². The van der Waals surface area contributed by atoms with Crippen LogP contribution in [-0.4, -0.2) is 40.3 Å². The molecule has 0 radical (unpaired) electrons. The van der Waals surface area contributed by atoms with Crippen LogP contribution in [0.4, 0.5) is 4.79 Å². The first kappa shape index (κ1) is 13.4. The molecule has 6 heteroatoms. The highest BCUT2D eigenvalue weighted by atomic mass is 32.2. The summed E-state index contributed by atoms with van der Waals surface area (Å²) in [6.45, 7) is 4.28. The predicted octanol–water partition coefficient (Wildman–Crippen LogP) is 1.38. The van der Waals surface area contributed by atoms with Crippen LogP contribution < -0.4 is 5.32 Å². The first-order chi connectivity index (χ1) is 8.32. The van der Waals surface area contributed by atoms with E-state index in [0.29, 0.717) is 19.4 Å². The van der Waals surface area contributed by atoms with Gasteiger partial charge in [0.15, 0.2) is 0 Å². The van der Waals surface area contributed by atoms with Crippen molar-refractivity contribution in [2.24, 2.45) is 5.41 Å². The molecule has 1 saturated heterocycles. The van der Waals surface area contributed by atoms with Crippen LogP contribution >= 0.6 is 11.8 Å². The summed E-state index contributed by atoms with van der Waals surface area (Å²) in [5, 5.41) is 2.32. The number of amides is 4. The average molecular weight is 270 g/mol. The second kappa shape index (κ2) is 4.26. The minimum Gasteiger partial charge on any atom is -0.277 e. The van der Waals surface area contributed by atoms with Crippen LogP contribution in [0.15, 0.2) is 0 Å². The van der Waals surface area contributed by atoms with Crippen LogP contribution in [0.5, 0.6) is 0 Å². The van der Waals surface area contributed by atoms with E-state index in [0.717, 1.165) is 6.42 Å². The van der Waals surface area contributed by atoms with Crippen molar-refractivity contribution in [3.63, 3.8) is 0 Å². The van der Waals surface area contributed by atoms with E-state index in [-0.39, 0.29) is 10.7 Å². The number of imide groups is 2. The lowest BCUT2D eigenvalue weighted by Crippen LogP contribution is -2.67. The summed E-state index contributed by atoms with van der Waals surface area (Å²) in [7, 11) is 0. The van der Waals surface area contributed by atoms with Crippen LogP contribution in [0.25, 0.3) is 0 Å². The van der Waals surface area contributed by atoms with Gasteiger partial charge in [0.05, 0.1) is 0 Å². The Labute approximate surface area is 111 Å². The van der Waals surface area contributed by atoms with Gasteiger partial charge < -0.3 is 0 Å². The number of barbiturate groups is 1. The van der Waals surface area contributed by atoms with E-state index in [4.69, 9.17) is 0 Å². The van der Waals surface area contributed by atoms with Crippen LogP contribution in [0.3, 0.4) is 0 Å². The Bertz CT molecular complexity index is 416. The number of urea groups is 1. The Morgan fingerprint density at radius 3 is 2.39 bits per heavy atom. The molecule has 2 rings (SSSR count). The maximum atomic E-state index is 12.4. The van der Waals surface area contributed by atoms with E-state index in [1.807, 2.05) is 20.1 Å². The molecule has 4 amide bonds. The molecule has 1 heterocycles. The van der Waals surface area contributed by atoms with Crippen molar-refractivity contribution in [2.45, 2.75) is 37.9 Å². The quantitative estimate of drug-likeness (QED) is 0.787. The molecule has 1 spiro atoms. The van der Waals surface area contributed by atoms with Crippen LogP contribution in [0.2, 0.25) is 0 Å². The van der Waals surface area contributed by atoms with Crippen molar-refractivity contribution in [3.05, 3.63) is 0 Å². The highest BCUT2D eigenvalue weighted by Gasteiger charge is 2.57. The molecule has 100 valence electrons. The van der Waals surface area contributed by atoms with Gasteiger partial charge in [0.25, 0.3) is 0 Å². The summed E-state index contributed by atoms with van der Waals surface area (Å²) in [5.74, 6) is -0.730. The lowest BCUT2D eigenvalue weighted by molar-refractivity contribution is -0.157. The third-order valence-electron chi connectivity index (χ3n) is 3.85. The second-order valence-corrected chi connectivity index (χ2v) is 7.06. The van der Waals surface area contributed by atoms with Gasteiger partial charge >= 0.3 is 6.03 Å². The normalized spacial score (nSPS) is 23.1. The monoisotopic (exact) mass is 270 g/mol. The van der Waals surface area contributed by atoms with Crippen LogP contribution in [-0.2, 0) is 9.59 Å². The van der Waals surface area contributed by atoms with Crippen molar-refractivity contribution in [3.8, 4) is 0 Å². The van der Waals surface area contributed by atoms with Gasteiger partial charge in [-0.15, -0.1) is 0 Å². The molecule has 1 N–H and O–H groups in total. The Hall–Kier alpha value is -1.04. The highest BCUT2D eigenvalue weighted by molar-refractivity contribution is 7.99. The summed E-state index contributed by atoms with van der Waals surface area (Å²) in [4.78, 5) is 37.2. The zero-order chi connectivity index (χ0) is 13.6. The Kier molecular flexibility index (Phi) is 3.17. The van der Waals surface area contributed by atoms with Crippen molar-refractivity contribution in [2.75, 3.05) is 12.8 Å². The molecule has 2 aliphatic rings. The zero-order valence-electron chi connectivity index (χ0n) is 10.9. The first-order valence-corrected chi connectivity index (χ1v) is 7.27. The molecule has 0 unspecified atom stereocenters. The van der Waals surface area contributed by atoms with E-state index in [1.165, 1.54) is 4.90 Å². The standard InChI is InChI=1S/C12H18N2O3S/c1-11(2,18-3)7-14-9(16)12(5-4-6-12)8(15)13-10(14)17/h4-7H2,1-3H3,(H,13,15,17). The van der Waals surface area contributed by atoms with Gasteiger partial charge in [-0.25, -0.2) is 4.79 Å². The molecule has 0 aromatic heterocycles. The Morgan fingerprint density at radius 2 is 1.94 bits per heavy atom. The minimum absolute atomic E-state index is 0.210. The van der Waals surface area contributed by atoms with Gasteiger partial charge in [0.1, 0.15) is 5.41 Å². The lowest BCUT2D eigenvalue weighted by atomic mass is 9.66. The van der Waals surface area contributed by atoms with Gasteiger partial charge in [0.2, 0.25) is 11.8 Å². The van der Waals surface area contributed by atoms with Gasteiger partial charge in [-0.2, -0.15) is 11.8 Å². The van der Waals surface area contributed by atoms with Crippen LogP contribution in [0, 0.1) is 5.41 Å². The number of hydrogen-bond donors (Lipinski definition) is 1. The molecule has 0 aromatic carbocycles. The number of nitrogens with one attached hydrogen (secondary N) is 1. The maximum Gasteiger partial charge on any atom is 0.330 e. The topological polar surface area (TPSA) is 66.5 Å². The molecule has 0 aromatic rings. The van der Waals surface area contributed by atoms with E-state index in [2.05, 4.69) is 5.32 Å². The smallest absolute Gasteiger partial charge is 0.277 e. The molecule has 0 atom stereocenters. The molecular weight excluding hydrogens is 252 g/mol. The fourth-order valence-corrected chi connectivity index (χ4v) is 2.55. The van der Waals surface area contributed by atoms with Crippen molar-refractivity contribution >= 4 is 29.6 Å². The third kappa shape index (κ3) is 1.92. The van der Waals surface area contributed by atoms with E-state index >= 15 is 0 Å². The summed E-state index contributed by atoms with van der Waals surface area (Å²) in [6.07, 6.45) is 3.92. The van der Waals surface area contributed by atoms with Crippen molar-refractivity contribution < 1.29 is 14.4 Å². The summed E-state index contributed by atoms with van der Waals surface area (Å²) in [5.41, 5.74) is -0.956. The molecular formula is C12H18N2O3S.